The van der Waals surface area contributed by atoms with Crippen LogP contribution in [0.4, 0.5) is 11.4 Å². The molecule has 0 aliphatic carbocycles. The van der Waals surface area contributed by atoms with Crippen LogP contribution in [0.3, 0.4) is 0 Å². The van der Waals surface area contributed by atoms with Gasteiger partial charge in [0.05, 0.1) is 24.1 Å². The van der Waals surface area contributed by atoms with Gasteiger partial charge in [0.15, 0.2) is 0 Å². The molecule has 0 aliphatic rings. The number of rotatable bonds is 7. The fourth-order valence-electron chi connectivity index (χ4n) is 3.15. The van der Waals surface area contributed by atoms with Crippen LogP contribution in [0, 0.1) is 0 Å². The lowest BCUT2D eigenvalue weighted by molar-refractivity contribution is 0.102. The quantitative estimate of drug-likeness (QED) is 0.627. The lowest BCUT2D eigenvalue weighted by Gasteiger charge is -2.25. The Morgan fingerprint density at radius 2 is 1.52 bits per heavy atom. The van der Waals surface area contributed by atoms with Gasteiger partial charge in [-0.15, -0.1) is 0 Å². The Hall–Kier alpha value is -3.12. The predicted octanol–water partition coefficient (Wildman–Crippen LogP) is 4.47. The van der Waals surface area contributed by atoms with Gasteiger partial charge in [-0.1, -0.05) is 67.6 Å². The molecule has 0 saturated heterocycles. The van der Waals surface area contributed by atoms with Gasteiger partial charge in [0, 0.05) is 5.69 Å². The number of anilines is 2. The molecule has 0 bridgehead atoms. The average molecular weight is 409 g/mol. The lowest BCUT2D eigenvalue weighted by Crippen LogP contribution is -2.31. The van der Waals surface area contributed by atoms with Crippen molar-refractivity contribution in [2.45, 2.75) is 19.9 Å². The van der Waals surface area contributed by atoms with E-state index in [2.05, 4.69) is 5.32 Å². The fourth-order valence-corrected chi connectivity index (χ4v) is 4.05. The number of amides is 1. The van der Waals surface area contributed by atoms with Gasteiger partial charge in [-0.3, -0.25) is 9.10 Å². The second kappa shape index (κ2) is 8.92. The number of nitrogens with zero attached hydrogens (tertiary/aromatic N) is 1. The van der Waals surface area contributed by atoms with Crippen molar-refractivity contribution < 1.29 is 13.2 Å². The van der Waals surface area contributed by atoms with Crippen molar-refractivity contribution in [2.24, 2.45) is 0 Å². The molecule has 0 saturated carbocycles. The molecule has 0 aromatic heterocycles. The molecule has 3 aromatic carbocycles. The molecule has 5 nitrogen and oxygen atoms in total. The van der Waals surface area contributed by atoms with Crippen LogP contribution in [-0.2, 0) is 23.0 Å². The molecular weight excluding hydrogens is 384 g/mol. The molecule has 3 rings (SSSR count). The van der Waals surface area contributed by atoms with E-state index in [1.807, 2.05) is 61.5 Å². The van der Waals surface area contributed by atoms with Crippen molar-refractivity contribution in [1.29, 1.82) is 0 Å². The minimum Gasteiger partial charge on any atom is -0.322 e. The summed E-state index contributed by atoms with van der Waals surface area (Å²) >= 11 is 0. The van der Waals surface area contributed by atoms with Crippen molar-refractivity contribution in [1.82, 2.24) is 0 Å². The van der Waals surface area contributed by atoms with Crippen LogP contribution in [-0.4, -0.2) is 20.6 Å². The summed E-state index contributed by atoms with van der Waals surface area (Å²) in [6.07, 6.45) is 1.93. The standard InChI is InChI=1S/C23H24N2O3S/c1-3-19-13-7-9-15-21(19)24-23(26)20-14-8-10-16-22(20)25(29(2,27)28)17-18-11-5-4-6-12-18/h4-16H,3,17H2,1-2H3,(H,24,26). The van der Waals surface area contributed by atoms with Gasteiger partial charge in [0.1, 0.15) is 0 Å². The maximum atomic E-state index is 13.1. The van der Waals surface area contributed by atoms with Crippen LogP contribution in [0.15, 0.2) is 78.9 Å². The monoisotopic (exact) mass is 408 g/mol. The Kier molecular flexibility index (Phi) is 6.34. The van der Waals surface area contributed by atoms with Gasteiger partial charge in [-0.25, -0.2) is 8.42 Å². The molecule has 0 aliphatic heterocycles. The molecule has 0 spiro atoms. The number of carbonyl (C=O) groups excluding carboxylic acids is 1. The zero-order valence-electron chi connectivity index (χ0n) is 16.5. The van der Waals surface area contributed by atoms with Crippen LogP contribution < -0.4 is 9.62 Å². The average Bonchev–Trinajstić information content (AvgIpc) is 2.72. The van der Waals surface area contributed by atoms with E-state index < -0.39 is 10.0 Å². The van der Waals surface area contributed by atoms with Crippen LogP contribution in [0.1, 0.15) is 28.4 Å². The third-order valence-electron chi connectivity index (χ3n) is 4.63. The zero-order chi connectivity index (χ0) is 20.9. The second-order valence-corrected chi connectivity index (χ2v) is 8.64. The number of hydrogen-bond donors (Lipinski definition) is 1. The van der Waals surface area contributed by atoms with E-state index in [-0.39, 0.29) is 12.5 Å². The van der Waals surface area contributed by atoms with Crippen molar-refractivity contribution in [3.8, 4) is 0 Å². The van der Waals surface area contributed by atoms with Gasteiger partial charge < -0.3 is 5.32 Å². The molecule has 1 amide bonds. The summed E-state index contributed by atoms with van der Waals surface area (Å²) in [5.41, 5.74) is 3.24. The van der Waals surface area contributed by atoms with Crippen LogP contribution in [0.5, 0.6) is 0 Å². The third kappa shape index (κ3) is 5.03. The topological polar surface area (TPSA) is 66.5 Å². The summed E-state index contributed by atoms with van der Waals surface area (Å²) in [6.45, 7) is 2.17. The first-order chi connectivity index (χ1) is 13.9. The third-order valence-corrected chi connectivity index (χ3v) is 5.76. The minimum atomic E-state index is -3.60. The van der Waals surface area contributed by atoms with E-state index in [1.165, 1.54) is 4.31 Å². The number of para-hydroxylation sites is 2. The highest BCUT2D eigenvalue weighted by molar-refractivity contribution is 7.92. The highest BCUT2D eigenvalue weighted by Gasteiger charge is 2.23. The fraction of sp³-hybridized carbons (Fsp3) is 0.174. The van der Waals surface area contributed by atoms with E-state index in [1.54, 1.807) is 24.3 Å². The van der Waals surface area contributed by atoms with Gasteiger partial charge in [0.2, 0.25) is 10.0 Å². The lowest BCUT2D eigenvalue weighted by atomic mass is 10.1. The summed E-state index contributed by atoms with van der Waals surface area (Å²) in [7, 11) is -3.60. The number of sulfonamides is 1. The van der Waals surface area contributed by atoms with Gasteiger partial charge in [0.25, 0.3) is 5.91 Å². The molecule has 0 atom stereocenters. The van der Waals surface area contributed by atoms with Crippen LogP contribution in [0.2, 0.25) is 0 Å². The Balaban J connectivity index is 1.98. The molecule has 0 radical (unpaired) electrons. The first-order valence-corrected chi connectivity index (χ1v) is 11.2. The summed E-state index contributed by atoms with van der Waals surface area (Å²) in [6, 6.07) is 23.7. The number of aryl methyl sites for hydroxylation is 1. The van der Waals surface area contributed by atoms with E-state index in [0.29, 0.717) is 11.3 Å². The van der Waals surface area contributed by atoms with Crippen molar-refractivity contribution >= 4 is 27.3 Å². The first kappa shape index (κ1) is 20.6. The van der Waals surface area contributed by atoms with E-state index in [4.69, 9.17) is 0 Å². The largest absolute Gasteiger partial charge is 0.322 e. The molecule has 0 unspecified atom stereocenters. The number of hydrogen-bond acceptors (Lipinski definition) is 3. The van der Waals surface area contributed by atoms with Crippen LogP contribution >= 0.6 is 0 Å². The van der Waals surface area contributed by atoms with Crippen molar-refractivity contribution in [3.63, 3.8) is 0 Å². The second-order valence-electron chi connectivity index (χ2n) is 6.74. The van der Waals surface area contributed by atoms with Gasteiger partial charge in [-0.05, 0) is 35.7 Å². The Bertz CT molecular complexity index is 1100. The molecule has 1 N–H and O–H groups in total. The SMILES string of the molecule is CCc1ccccc1NC(=O)c1ccccc1N(Cc1ccccc1)S(C)(=O)=O. The molecule has 150 valence electrons. The van der Waals surface area contributed by atoms with E-state index in [0.717, 1.165) is 29.5 Å². The maximum Gasteiger partial charge on any atom is 0.257 e. The summed E-state index contributed by atoms with van der Waals surface area (Å²) in [4.78, 5) is 13.1. The Morgan fingerprint density at radius 1 is 0.897 bits per heavy atom. The summed E-state index contributed by atoms with van der Waals surface area (Å²) in [5.74, 6) is -0.344. The smallest absolute Gasteiger partial charge is 0.257 e. The highest BCUT2D eigenvalue weighted by atomic mass is 32.2. The van der Waals surface area contributed by atoms with E-state index in [9.17, 15) is 13.2 Å². The first-order valence-electron chi connectivity index (χ1n) is 9.40. The molecular formula is C23H24N2O3S. The number of benzene rings is 3. The highest BCUT2D eigenvalue weighted by Crippen LogP contribution is 2.26. The van der Waals surface area contributed by atoms with Crippen molar-refractivity contribution in [2.75, 3.05) is 15.9 Å². The summed E-state index contributed by atoms with van der Waals surface area (Å²) in [5, 5.41) is 2.93. The van der Waals surface area contributed by atoms with Gasteiger partial charge >= 0.3 is 0 Å². The maximum absolute atomic E-state index is 13.1. The molecule has 29 heavy (non-hydrogen) atoms. The number of nitrogens with one attached hydrogen (secondary N) is 1. The van der Waals surface area contributed by atoms with Gasteiger partial charge in [-0.2, -0.15) is 0 Å². The Labute approximate surface area is 172 Å². The van der Waals surface area contributed by atoms with Crippen LogP contribution in [0.25, 0.3) is 0 Å². The summed E-state index contributed by atoms with van der Waals surface area (Å²) < 4.78 is 26.4. The Morgan fingerprint density at radius 3 is 2.21 bits per heavy atom. The molecule has 6 heteroatoms. The molecule has 0 heterocycles. The minimum absolute atomic E-state index is 0.148. The normalized spacial score (nSPS) is 11.1. The molecule has 3 aromatic rings. The zero-order valence-corrected chi connectivity index (χ0v) is 17.3. The van der Waals surface area contributed by atoms with Crippen molar-refractivity contribution in [3.05, 3.63) is 95.6 Å². The van der Waals surface area contributed by atoms with E-state index >= 15 is 0 Å². The predicted molar refractivity (Wildman–Crippen MR) is 118 cm³/mol. The molecule has 0 fully saturated rings. The number of carbonyl (C=O) groups is 1.